The van der Waals surface area contributed by atoms with Gasteiger partial charge in [-0.05, 0) is 31.9 Å². The van der Waals surface area contributed by atoms with Crippen molar-refractivity contribution in [2.24, 2.45) is 5.41 Å². The summed E-state index contributed by atoms with van der Waals surface area (Å²) in [6, 6.07) is 6.99. The fraction of sp³-hybridized carbons (Fsp3) is 0.625. The zero-order valence-electron chi connectivity index (χ0n) is 12.7. The van der Waals surface area contributed by atoms with E-state index < -0.39 is 6.61 Å². The Morgan fingerprint density at radius 3 is 2.76 bits per heavy atom. The number of alkyl halides is 2. The van der Waals surface area contributed by atoms with Crippen molar-refractivity contribution in [3.8, 4) is 5.75 Å². The smallest absolute Gasteiger partial charge is 0.387 e. The molecule has 0 aromatic heterocycles. The van der Waals surface area contributed by atoms with E-state index in [0.717, 1.165) is 18.5 Å². The largest absolute Gasteiger partial charge is 0.435 e. The summed E-state index contributed by atoms with van der Waals surface area (Å²) in [4.78, 5) is 0. The predicted molar refractivity (Wildman–Crippen MR) is 78.9 cm³/mol. The molecular weight excluding hydrogens is 276 g/mol. The van der Waals surface area contributed by atoms with Gasteiger partial charge in [0.15, 0.2) is 0 Å². The topological polar surface area (TPSA) is 30.5 Å². The molecule has 1 saturated carbocycles. The van der Waals surface area contributed by atoms with E-state index >= 15 is 0 Å². The SMILES string of the molecule is CCOC1CC(Nc2cccc(OC(F)F)c2)C1(C)CC. The lowest BCUT2D eigenvalue weighted by Crippen LogP contribution is -2.59. The van der Waals surface area contributed by atoms with Crippen LogP contribution in [0, 0.1) is 5.41 Å². The van der Waals surface area contributed by atoms with Crippen LogP contribution in [0.5, 0.6) is 5.75 Å². The maximum absolute atomic E-state index is 12.2. The van der Waals surface area contributed by atoms with E-state index in [1.54, 1.807) is 12.1 Å². The zero-order valence-corrected chi connectivity index (χ0v) is 12.7. The van der Waals surface area contributed by atoms with Crippen molar-refractivity contribution in [2.45, 2.75) is 52.4 Å². The van der Waals surface area contributed by atoms with Gasteiger partial charge in [0.2, 0.25) is 0 Å². The zero-order chi connectivity index (χ0) is 15.5. The van der Waals surface area contributed by atoms with E-state index in [2.05, 4.69) is 23.9 Å². The van der Waals surface area contributed by atoms with Crippen molar-refractivity contribution in [1.29, 1.82) is 0 Å². The first-order valence-corrected chi connectivity index (χ1v) is 7.42. The Labute approximate surface area is 124 Å². The highest BCUT2D eigenvalue weighted by Gasteiger charge is 2.51. The third-order valence-electron chi connectivity index (χ3n) is 4.51. The van der Waals surface area contributed by atoms with Gasteiger partial charge in [-0.15, -0.1) is 0 Å². The minimum absolute atomic E-state index is 0.0651. The predicted octanol–water partition coefficient (Wildman–Crippen LogP) is 4.29. The molecule has 0 saturated heterocycles. The summed E-state index contributed by atoms with van der Waals surface area (Å²) in [7, 11) is 0. The maximum atomic E-state index is 12.2. The van der Waals surface area contributed by atoms with Crippen molar-refractivity contribution in [2.75, 3.05) is 11.9 Å². The number of anilines is 1. The first-order valence-electron chi connectivity index (χ1n) is 7.42. The summed E-state index contributed by atoms with van der Waals surface area (Å²) in [5.41, 5.74) is 0.864. The minimum atomic E-state index is -2.80. The fourth-order valence-electron chi connectivity index (χ4n) is 2.94. The van der Waals surface area contributed by atoms with Gasteiger partial charge in [0, 0.05) is 29.8 Å². The molecule has 3 unspecified atom stereocenters. The summed E-state index contributed by atoms with van der Waals surface area (Å²) >= 11 is 0. The van der Waals surface area contributed by atoms with Gasteiger partial charge in [0.1, 0.15) is 5.75 Å². The number of hydrogen-bond acceptors (Lipinski definition) is 3. The maximum Gasteiger partial charge on any atom is 0.387 e. The van der Waals surface area contributed by atoms with Gasteiger partial charge in [0.25, 0.3) is 0 Å². The number of rotatable bonds is 7. The standard InChI is InChI=1S/C16H23F2NO2/c1-4-16(3)13(10-14(16)20-5-2)19-11-7-6-8-12(9-11)21-15(17)18/h6-9,13-15,19H,4-5,10H2,1-3H3. The number of ether oxygens (including phenoxy) is 2. The van der Waals surface area contributed by atoms with Crippen molar-refractivity contribution in [1.82, 2.24) is 0 Å². The summed E-state index contributed by atoms with van der Waals surface area (Å²) in [6.45, 7) is 4.27. The van der Waals surface area contributed by atoms with Gasteiger partial charge >= 0.3 is 6.61 Å². The highest BCUT2D eigenvalue weighted by molar-refractivity contribution is 5.50. The molecule has 0 aliphatic heterocycles. The Morgan fingerprint density at radius 1 is 1.38 bits per heavy atom. The first-order chi connectivity index (χ1) is 9.99. The van der Waals surface area contributed by atoms with Gasteiger partial charge in [-0.2, -0.15) is 8.78 Å². The fourth-order valence-corrected chi connectivity index (χ4v) is 2.94. The summed E-state index contributed by atoms with van der Waals surface area (Å²) in [5.74, 6) is 0.175. The molecule has 1 N–H and O–H groups in total. The van der Waals surface area contributed by atoms with Crippen LogP contribution < -0.4 is 10.1 Å². The van der Waals surface area contributed by atoms with Crippen molar-refractivity contribution in [3.05, 3.63) is 24.3 Å². The van der Waals surface area contributed by atoms with Gasteiger partial charge in [0.05, 0.1) is 6.10 Å². The van der Waals surface area contributed by atoms with Crippen LogP contribution in [-0.4, -0.2) is 25.4 Å². The van der Waals surface area contributed by atoms with Crippen molar-refractivity contribution in [3.63, 3.8) is 0 Å². The molecule has 0 bridgehead atoms. The molecule has 0 heterocycles. The summed E-state index contributed by atoms with van der Waals surface area (Å²) < 4.78 is 34.7. The molecule has 0 amide bonds. The van der Waals surface area contributed by atoms with Crippen LogP contribution in [0.1, 0.15) is 33.6 Å². The molecule has 3 nitrogen and oxygen atoms in total. The van der Waals surface area contributed by atoms with Crippen LogP contribution >= 0.6 is 0 Å². The molecule has 2 rings (SSSR count). The molecule has 1 aromatic carbocycles. The Kier molecular flexibility index (Phi) is 5.04. The molecule has 21 heavy (non-hydrogen) atoms. The van der Waals surface area contributed by atoms with E-state index in [1.807, 2.05) is 13.0 Å². The molecule has 0 radical (unpaired) electrons. The van der Waals surface area contributed by atoms with Crippen LogP contribution in [0.3, 0.4) is 0 Å². The quantitative estimate of drug-likeness (QED) is 0.814. The average molecular weight is 299 g/mol. The van der Waals surface area contributed by atoms with Crippen LogP contribution in [-0.2, 0) is 4.74 Å². The Balaban J connectivity index is 2.02. The molecule has 1 aliphatic rings. The summed E-state index contributed by atoms with van der Waals surface area (Å²) in [6.07, 6.45) is 2.19. The van der Waals surface area contributed by atoms with Crippen molar-refractivity contribution < 1.29 is 18.3 Å². The lowest BCUT2D eigenvalue weighted by Gasteiger charge is -2.54. The molecule has 3 atom stereocenters. The number of hydrogen-bond donors (Lipinski definition) is 1. The monoisotopic (exact) mass is 299 g/mol. The van der Waals surface area contributed by atoms with E-state index in [9.17, 15) is 8.78 Å². The van der Waals surface area contributed by atoms with Crippen LogP contribution in [0.4, 0.5) is 14.5 Å². The molecule has 1 aromatic rings. The second-order valence-electron chi connectivity index (χ2n) is 5.64. The second kappa shape index (κ2) is 6.60. The van der Waals surface area contributed by atoms with E-state index in [1.165, 1.54) is 6.07 Å². The number of nitrogens with one attached hydrogen (secondary N) is 1. The summed E-state index contributed by atoms with van der Waals surface area (Å²) in [5, 5.41) is 3.42. The van der Waals surface area contributed by atoms with Crippen LogP contribution in [0.15, 0.2) is 24.3 Å². The Hall–Kier alpha value is -1.36. The van der Waals surface area contributed by atoms with Gasteiger partial charge in [-0.25, -0.2) is 0 Å². The van der Waals surface area contributed by atoms with E-state index in [0.29, 0.717) is 6.61 Å². The normalized spacial score (nSPS) is 28.3. The Bertz CT molecular complexity index is 469. The van der Waals surface area contributed by atoms with Gasteiger partial charge < -0.3 is 14.8 Å². The average Bonchev–Trinajstić information content (AvgIpc) is 2.45. The van der Waals surface area contributed by atoms with E-state index in [4.69, 9.17) is 4.74 Å². The first kappa shape index (κ1) is 16.0. The van der Waals surface area contributed by atoms with Crippen LogP contribution in [0.2, 0.25) is 0 Å². The minimum Gasteiger partial charge on any atom is -0.435 e. The second-order valence-corrected chi connectivity index (χ2v) is 5.64. The number of halogens is 2. The molecule has 1 fully saturated rings. The molecule has 0 spiro atoms. The lowest BCUT2D eigenvalue weighted by molar-refractivity contribution is -0.109. The lowest BCUT2D eigenvalue weighted by atomic mass is 9.61. The third kappa shape index (κ3) is 3.46. The highest BCUT2D eigenvalue weighted by atomic mass is 19.3. The van der Waals surface area contributed by atoms with E-state index in [-0.39, 0.29) is 23.3 Å². The third-order valence-corrected chi connectivity index (χ3v) is 4.51. The molecule has 5 heteroatoms. The van der Waals surface area contributed by atoms with Crippen molar-refractivity contribution >= 4 is 5.69 Å². The van der Waals surface area contributed by atoms with Gasteiger partial charge in [-0.3, -0.25) is 0 Å². The molecule has 118 valence electrons. The van der Waals surface area contributed by atoms with Crippen LogP contribution in [0.25, 0.3) is 0 Å². The highest BCUT2D eigenvalue weighted by Crippen LogP contribution is 2.47. The molecule has 1 aliphatic carbocycles. The number of benzene rings is 1. The van der Waals surface area contributed by atoms with Gasteiger partial charge in [-0.1, -0.05) is 19.9 Å². The Morgan fingerprint density at radius 2 is 2.14 bits per heavy atom. The molecular formula is C16H23F2NO2.